The number of hydrogen-bond acceptors (Lipinski definition) is 2. The average molecular weight is 218 g/mol. The highest BCUT2D eigenvalue weighted by atomic mass is 16.4. The zero-order chi connectivity index (χ0) is 11.6. The molecule has 0 aromatic heterocycles. The molecular weight excluding hydrogens is 204 g/mol. The first-order valence-corrected chi connectivity index (χ1v) is 5.30. The lowest BCUT2D eigenvalue weighted by Gasteiger charge is -2.10. The monoisotopic (exact) mass is 218 g/mol. The zero-order valence-electron chi connectivity index (χ0n) is 8.89. The first-order valence-electron chi connectivity index (χ1n) is 5.30. The van der Waals surface area contributed by atoms with Gasteiger partial charge < -0.3 is 10.2 Å². The summed E-state index contributed by atoms with van der Waals surface area (Å²) in [5, 5.41) is 17.8. The average Bonchev–Trinajstić information content (AvgIpc) is 3.08. The fraction of sp³-hybridized carbons (Fsp3) is 0.308. The van der Waals surface area contributed by atoms with E-state index in [-0.39, 0.29) is 6.61 Å². The standard InChI is InChI=1S/C13H14O3/c14-8-2-4-10-3-1-5-11(9-10)13(6-7-13)12(15)16/h1-5,9,14H,6-8H2,(H,15,16). The molecule has 1 aromatic carbocycles. The molecule has 2 rings (SSSR count). The third kappa shape index (κ3) is 1.86. The van der Waals surface area contributed by atoms with Crippen LogP contribution in [0.15, 0.2) is 30.3 Å². The molecule has 0 spiro atoms. The predicted octanol–water partition coefficient (Wildman–Crippen LogP) is 1.81. The van der Waals surface area contributed by atoms with Crippen molar-refractivity contribution >= 4 is 12.0 Å². The maximum absolute atomic E-state index is 11.2. The molecule has 0 bridgehead atoms. The van der Waals surface area contributed by atoms with Gasteiger partial charge in [-0.3, -0.25) is 4.79 Å². The van der Waals surface area contributed by atoms with Crippen molar-refractivity contribution in [1.29, 1.82) is 0 Å². The number of carboxylic acid groups (broad SMARTS) is 1. The van der Waals surface area contributed by atoms with Crippen LogP contribution in [0.3, 0.4) is 0 Å². The van der Waals surface area contributed by atoms with Crippen LogP contribution >= 0.6 is 0 Å². The van der Waals surface area contributed by atoms with Crippen molar-refractivity contribution in [2.45, 2.75) is 18.3 Å². The molecule has 3 nitrogen and oxygen atoms in total. The summed E-state index contributed by atoms with van der Waals surface area (Å²) >= 11 is 0. The van der Waals surface area contributed by atoms with Gasteiger partial charge in [0.25, 0.3) is 0 Å². The Morgan fingerprint density at radius 3 is 2.75 bits per heavy atom. The molecule has 1 fully saturated rings. The zero-order valence-corrected chi connectivity index (χ0v) is 8.89. The minimum absolute atomic E-state index is 0.00565. The van der Waals surface area contributed by atoms with Gasteiger partial charge in [0.05, 0.1) is 12.0 Å². The number of carboxylic acids is 1. The summed E-state index contributed by atoms with van der Waals surface area (Å²) in [4.78, 5) is 11.2. The number of aliphatic hydroxyl groups is 1. The first kappa shape index (κ1) is 10.9. The van der Waals surface area contributed by atoms with Gasteiger partial charge in [0.2, 0.25) is 0 Å². The number of aliphatic carboxylic acids is 1. The Hall–Kier alpha value is -1.61. The highest BCUT2D eigenvalue weighted by molar-refractivity contribution is 5.85. The third-order valence-corrected chi connectivity index (χ3v) is 3.01. The Kier molecular flexibility index (Phi) is 2.79. The van der Waals surface area contributed by atoms with E-state index in [9.17, 15) is 4.79 Å². The second-order valence-corrected chi connectivity index (χ2v) is 4.10. The fourth-order valence-corrected chi connectivity index (χ4v) is 1.88. The van der Waals surface area contributed by atoms with Crippen LogP contribution in [0.5, 0.6) is 0 Å². The van der Waals surface area contributed by atoms with E-state index in [4.69, 9.17) is 10.2 Å². The van der Waals surface area contributed by atoms with Crippen molar-refractivity contribution in [3.63, 3.8) is 0 Å². The molecule has 84 valence electrons. The van der Waals surface area contributed by atoms with E-state index < -0.39 is 11.4 Å². The lowest BCUT2D eigenvalue weighted by atomic mass is 9.94. The molecule has 0 atom stereocenters. The Labute approximate surface area is 94.0 Å². The van der Waals surface area contributed by atoms with Crippen molar-refractivity contribution in [3.05, 3.63) is 41.5 Å². The Bertz CT molecular complexity index is 431. The molecule has 1 aromatic rings. The maximum Gasteiger partial charge on any atom is 0.314 e. The molecule has 0 saturated heterocycles. The summed E-state index contributed by atoms with van der Waals surface area (Å²) in [6, 6.07) is 7.49. The molecule has 3 heteroatoms. The number of rotatable bonds is 4. The van der Waals surface area contributed by atoms with Crippen LogP contribution in [0.4, 0.5) is 0 Å². The Morgan fingerprint density at radius 1 is 1.44 bits per heavy atom. The highest BCUT2D eigenvalue weighted by Gasteiger charge is 2.51. The predicted molar refractivity (Wildman–Crippen MR) is 61.1 cm³/mol. The van der Waals surface area contributed by atoms with E-state index in [0.29, 0.717) is 0 Å². The quantitative estimate of drug-likeness (QED) is 0.810. The van der Waals surface area contributed by atoms with Crippen LogP contribution < -0.4 is 0 Å². The molecule has 0 heterocycles. The molecule has 1 saturated carbocycles. The van der Waals surface area contributed by atoms with Crippen molar-refractivity contribution in [1.82, 2.24) is 0 Å². The fourth-order valence-electron chi connectivity index (χ4n) is 1.88. The first-order chi connectivity index (χ1) is 7.69. The molecule has 2 N–H and O–H groups in total. The van der Waals surface area contributed by atoms with Gasteiger partial charge in [-0.2, -0.15) is 0 Å². The van der Waals surface area contributed by atoms with Crippen LogP contribution in [0.2, 0.25) is 0 Å². The van der Waals surface area contributed by atoms with Gasteiger partial charge in [-0.15, -0.1) is 0 Å². The minimum Gasteiger partial charge on any atom is -0.481 e. The van der Waals surface area contributed by atoms with Gasteiger partial charge in [0, 0.05) is 0 Å². The maximum atomic E-state index is 11.2. The third-order valence-electron chi connectivity index (χ3n) is 3.01. The van der Waals surface area contributed by atoms with Crippen LogP contribution in [-0.4, -0.2) is 22.8 Å². The van der Waals surface area contributed by atoms with Crippen molar-refractivity contribution in [2.24, 2.45) is 0 Å². The van der Waals surface area contributed by atoms with Crippen LogP contribution in [0.25, 0.3) is 6.08 Å². The number of carbonyl (C=O) groups is 1. The largest absolute Gasteiger partial charge is 0.481 e. The Morgan fingerprint density at radius 2 is 2.19 bits per heavy atom. The van der Waals surface area contributed by atoms with Crippen molar-refractivity contribution in [3.8, 4) is 0 Å². The number of aliphatic hydroxyl groups excluding tert-OH is 1. The van der Waals surface area contributed by atoms with Crippen LogP contribution in [0.1, 0.15) is 24.0 Å². The summed E-state index contributed by atoms with van der Waals surface area (Å²) in [5.41, 5.74) is 1.14. The van der Waals surface area contributed by atoms with Crippen molar-refractivity contribution < 1.29 is 15.0 Å². The summed E-state index contributed by atoms with van der Waals surface area (Å²) in [7, 11) is 0. The van der Waals surface area contributed by atoms with E-state index >= 15 is 0 Å². The Balaban J connectivity index is 2.29. The molecule has 0 radical (unpaired) electrons. The summed E-state index contributed by atoms with van der Waals surface area (Å²) < 4.78 is 0. The van der Waals surface area contributed by atoms with E-state index in [1.807, 2.05) is 24.3 Å². The summed E-state index contributed by atoms with van der Waals surface area (Å²) in [6.07, 6.45) is 4.87. The van der Waals surface area contributed by atoms with Gasteiger partial charge >= 0.3 is 5.97 Å². The SMILES string of the molecule is O=C(O)C1(c2cccc(C=CCO)c2)CC1. The summed E-state index contributed by atoms with van der Waals surface area (Å²) in [5.74, 6) is -0.740. The summed E-state index contributed by atoms with van der Waals surface area (Å²) in [6.45, 7) is -0.00565. The van der Waals surface area contributed by atoms with Crippen LogP contribution in [0, 0.1) is 0 Å². The minimum atomic E-state index is -0.740. The van der Waals surface area contributed by atoms with Crippen molar-refractivity contribution in [2.75, 3.05) is 6.61 Å². The van der Waals surface area contributed by atoms with E-state index in [1.54, 1.807) is 12.2 Å². The number of hydrogen-bond donors (Lipinski definition) is 2. The molecular formula is C13H14O3. The lowest BCUT2D eigenvalue weighted by Crippen LogP contribution is -2.19. The van der Waals surface area contributed by atoms with Gasteiger partial charge in [-0.1, -0.05) is 36.4 Å². The molecule has 1 aliphatic carbocycles. The molecule has 1 aliphatic rings. The topological polar surface area (TPSA) is 57.5 Å². The van der Waals surface area contributed by atoms with E-state index in [2.05, 4.69) is 0 Å². The molecule has 0 unspecified atom stereocenters. The normalized spacial score (nSPS) is 17.6. The number of benzene rings is 1. The molecule has 0 aliphatic heterocycles. The molecule has 16 heavy (non-hydrogen) atoms. The lowest BCUT2D eigenvalue weighted by molar-refractivity contribution is -0.140. The second kappa shape index (κ2) is 4.10. The van der Waals surface area contributed by atoms with Crippen LogP contribution in [-0.2, 0) is 10.2 Å². The molecule has 0 amide bonds. The van der Waals surface area contributed by atoms with Gasteiger partial charge in [0.1, 0.15) is 0 Å². The van der Waals surface area contributed by atoms with Gasteiger partial charge in [0.15, 0.2) is 0 Å². The smallest absolute Gasteiger partial charge is 0.314 e. The van der Waals surface area contributed by atoms with E-state index in [1.165, 1.54) is 0 Å². The van der Waals surface area contributed by atoms with Gasteiger partial charge in [-0.05, 0) is 24.0 Å². The second-order valence-electron chi connectivity index (χ2n) is 4.10. The van der Waals surface area contributed by atoms with E-state index in [0.717, 1.165) is 24.0 Å². The van der Waals surface area contributed by atoms with Gasteiger partial charge in [-0.25, -0.2) is 0 Å². The highest BCUT2D eigenvalue weighted by Crippen LogP contribution is 2.48.